The third kappa shape index (κ3) is 6.02. The van der Waals surface area contributed by atoms with Crippen molar-refractivity contribution < 1.29 is 9.84 Å². The quantitative estimate of drug-likeness (QED) is 0.605. The van der Waals surface area contributed by atoms with Crippen LogP contribution in [0.3, 0.4) is 0 Å². The van der Waals surface area contributed by atoms with Gasteiger partial charge in [-0.2, -0.15) is 0 Å². The van der Waals surface area contributed by atoms with Crippen molar-refractivity contribution in [3.05, 3.63) is 0 Å². The summed E-state index contributed by atoms with van der Waals surface area (Å²) >= 11 is 0. The van der Waals surface area contributed by atoms with E-state index in [1.165, 1.54) is 0 Å². The van der Waals surface area contributed by atoms with Crippen LogP contribution in [0.1, 0.15) is 39.0 Å². The second-order valence-corrected chi connectivity index (χ2v) is 3.65. The largest absolute Gasteiger partial charge is 0.387 e. The lowest BCUT2D eigenvalue weighted by Crippen LogP contribution is -2.34. The van der Waals surface area contributed by atoms with Crippen molar-refractivity contribution >= 4 is 0 Å². The molecule has 0 fully saturated rings. The Morgan fingerprint density at radius 1 is 1.31 bits per heavy atom. The first-order valence-electron chi connectivity index (χ1n) is 5.10. The fraction of sp³-hybridized carbons (Fsp3) is 1.00. The molecule has 1 unspecified atom stereocenters. The number of rotatable bonds is 8. The van der Waals surface area contributed by atoms with Crippen LogP contribution in [0.15, 0.2) is 0 Å². The van der Waals surface area contributed by atoms with Crippen LogP contribution < -0.4 is 5.73 Å². The summed E-state index contributed by atoms with van der Waals surface area (Å²) < 4.78 is 5.01. The predicted octanol–water partition coefficient (Wildman–Crippen LogP) is 1.29. The van der Waals surface area contributed by atoms with Crippen molar-refractivity contribution in [2.75, 3.05) is 20.3 Å². The minimum absolute atomic E-state index is 0.424. The Kier molecular flexibility index (Phi) is 7.23. The highest BCUT2D eigenvalue weighted by molar-refractivity contribution is 4.77. The first kappa shape index (κ1) is 12.9. The maximum absolute atomic E-state index is 10.1. The van der Waals surface area contributed by atoms with Crippen molar-refractivity contribution in [1.82, 2.24) is 0 Å². The maximum Gasteiger partial charge on any atom is 0.0880 e. The van der Waals surface area contributed by atoms with Crippen LogP contribution in [0.5, 0.6) is 0 Å². The molecule has 0 heterocycles. The molecule has 0 aromatic rings. The highest BCUT2D eigenvalue weighted by Crippen LogP contribution is 2.20. The van der Waals surface area contributed by atoms with Crippen LogP contribution in [0.25, 0.3) is 0 Å². The maximum atomic E-state index is 10.1. The molecule has 13 heavy (non-hydrogen) atoms. The Morgan fingerprint density at radius 2 is 1.92 bits per heavy atom. The molecule has 3 nitrogen and oxygen atoms in total. The Morgan fingerprint density at radius 3 is 2.38 bits per heavy atom. The molecule has 0 aromatic heterocycles. The minimum atomic E-state index is -0.649. The Bertz CT molecular complexity index is 109. The van der Waals surface area contributed by atoms with Crippen LogP contribution in [0.2, 0.25) is 0 Å². The van der Waals surface area contributed by atoms with E-state index in [-0.39, 0.29) is 0 Å². The van der Waals surface area contributed by atoms with E-state index in [1.807, 2.05) is 0 Å². The van der Waals surface area contributed by atoms with Crippen molar-refractivity contribution in [1.29, 1.82) is 0 Å². The van der Waals surface area contributed by atoms with Crippen LogP contribution in [-0.4, -0.2) is 31.0 Å². The molecule has 0 aliphatic carbocycles. The summed E-state index contributed by atoms with van der Waals surface area (Å²) in [6, 6.07) is 0. The van der Waals surface area contributed by atoms with E-state index in [2.05, 4.69) is 6.92 Å². The monoisotopic (exact) mass is 189 g/mol. The van der Waals surface area contributed by atoms with E-state index in [1.54, 1.807) is 7.11 Å². The average molecular weight is 189 g/mol. The van der Waals surface area contributed by atoms with Gasteiger partial charge in [0.25, 0.3) is 0 Å². The van der Waals surface area contributed by atoms with Crippen LogP contribution in [0.4, 0.5) is 0 Å². The molecule has 0 aliphatic heterocycles. The lowest BCUT2D eigenvalue weighted by molar-refractivity contribution is -0.0451. The van der Waals surface area contributed by atoms with Crippen molar-refractivity contribution in [3.8, 4) is 0 Å². The minimum Gasteiger partial charge on any atom is -0.387 e. The summed E-state index contributed by atoms with van der Waals surface area (Å²) in [7, 11) is 1.62. The molecule has 0 radical (unpaired) electrons. The second kappa shape index (κ2) is 7.30. The first-order chi connectivity index (χ1) is 6.18. The molecule has 1 atom stereocenters. The summed E-state index contributed by atoms with van der Waals surface area (Å²) in [5.74, 6) is 0. The fourth-order valence-electron chi connectivity index (χ4n) is 1.47. The van der Waals surface area contributed by atoms with Gasteiger partial charge in [0.15, 0.2) is 0 Å². The van der Waals surface area contributed by atoms with Crippen molar-refractivity contribution in [2.24, 2.45) is 5.73 Å². The molecule has 0 aliphatic rings. The molecule has 0 rings (SSSR count). The van der Waals surface area contributed by atoms with Crippen LogP contribution in [-0.2, 0) is 4.74 Å². The summed E-state index contributed by atoms with van der Waals surface area (Å²) in [5, 5.41) is 10.1. The van der Waals surface area contributed by atoms with Gasteiger partial charge in [0.1, 0.15) is 0 Å². The highest BCUT2D eigenvalue weighted by Gasteiger charge is 2.25. The van der Waals surface area contributed by atoms with Crippen molar-refractivity contribution in [3.63, 3.8) is 0 Å². The number of nitrogens with two attached hydrogens (primary N) is 1. The summed E-state index contributed by atoms with van der Waals surface area (Å²) in [6.07, 6.45) is 4.58. The van der Waals surface area contributed by atoms with E-state index >= 15 is 0 Å². The molecule has 3 heteroatoms. The standard InChI is InChI=1S/C10H23NO2/c1-3-4-6-10(12,9-13-2)7-5-8-11/h12H,3-9,11H2,1-2H3. The molecule has 3 N–H and O–H groups in total. The zero-order valence-corrected chi connectivity index (χ0v) is 8.88. The van der Waals surface area contributed by atoms with E-state index < -0.39 is 5.60 Å². The Balaban J connectivity index is 3.84. The Hall–Kier alpha value is -0.120. The van der Waals surface area contributed by atoms with Crippen molar-refractivity contribution in [2.45, 2.75) is 44.6 Å². The van der Waals surface area contributed by atoms with Crippen LogP contribution in [0, 0.1) is 0 Å². The van der Waals surface area contributed by atoms with Gasteiger partial charge in [-0.25, -0.2) is 0 Å². The fourth-order valence-corrected chi connectivity index (χ4v) is 1.47. The molecule has 0 bridgehead atoms. The molecule has 0 amide bonds. The molecular weight excluding hydrogens is 166 g/mol. The van der Waals surface area contributed by atoms with Gasteiger partial charge in [-0.3, -0.25) is 0 Å². The molecule has 0 saturated carbocycles. The third-order valence-electron chi connectivity index (χ3n) is 2.25. The SMILES string of the molecule is CCCCC(O)(CCCN)COC. The smallest absolute Gasteiger partial charge is 0.0880 e. The Labute approximate surface area is 81.3 Å². The normalized spacial score (nSPS) is 15.7. The summed E-state index contributed by atoms with van der Waals surface area (Å²) in [5.41, 5.74) is 4.76. The number of hydrogen-bond donors (Lipinski definition) is 2. The lowest BCUT2D eigenvalue weighted by Gasteiger charge is -2.27. The lowest BCUT2D eigenvalue weighted by atomic mass is 9.92. The second-order valence-electron chi connectivity index (χ2n) is 3.65. The zero-order chi connectivity index (χ0) is 10.2. The van der Waals surface area contributed by atoms with Gasteiger partial charge in [0, 0.05) is 7.11 Å². The van der Waals surface area contributed by atoms with E-state index in [0.717, 1.165) is 32.1 Å². The van der Waals surface area contributed by atoms with E-state index in [9.17, 15) is 5.11 Å². The van der Waals surface area contributed by atoms with E-state index in [4.69, 9.17) is 10.5 Å². The molecular formula is C10H23NO2. The van der Waals surface area contributed by atoms with Crippen LogP contribution >= 0.6 is 0 Å². The third-order valence-corrected chi connectivity index (χ3v) is 2.25. The number of ether oxygens (including phenoxy) is 1. The molecule has 80 valence electrons. The molecule has 0 aromatic carbocycles. The van der Waals surface area contributed by atoms with Gasteiger partial charge in [0.2, 0.25) is 0 Å². The number of methoxy groups -OCH3 is 1. The summed E-state index contributed by atoms with van der Waals surface area (Å²) in [6.45, 7) is 3.18. The number of aliphatic hydroxyl groups is 1. The molecule has 0 saturated heterocycles. The van der Waals surface area contributed by atoms with Gasteiger partial charge in [0.05, 0.1) is 12.2 Å². The van der Waals surface area contributed by atoms with E-state index in [0.29, 0.717) is 13.2 Å². The molecule has 0 spiro atoms. The van der Waals surface area contributed by atoms with Gasteiger partial charge >= 0.3 is 0 Å². The summed E-state index contributed by atoms with van der Waals surface area (Å²) in [4.78, 5) is 0. The topological polar surface area (TPSA) is 55.5 Å². The number of unbranched alkanes of at least 4 members (excludes halogenated alkanes) is 1. The predicted molar refractivity (Wildman–Crippen MR) is 54.6 cm³/mol. The first-order valence-corrected chi connectivity index (χ1v) is 5.10. The highest BCUT2D eigenvalue weighted by atomic mass is 16.5. The average Bonchev–Trinajstić information content (AvgIpc) is 2.12. The van der Waals surface area contributed by atoms with Gasteiger partial charge in [-0.05, 0) is 25.8 Å². The number of hydrogen-bond acceptors (Lipinski definition) is 3. The van der Waals surface area contributed by atoms with Gasteiger partial charge in [-0.1, -0.05) is 19.8 Å². The zero-order valence-electron chi connectivity index (χ0n) is 8.88. The van der Waals surface area contributed by atoms with Gasteiger partial charge < -0.3 is 15.6 Å². The van der Waals surface area contributed by atoms with Gasteiger partial charge in [-0.15, -0.1) is 0 Å².